The van der Waals surface area contributed by atoms with Crippen molar-refractivity contribution in [3.63, 3.8) is 0 Å². The van der Waals surface area contributed by atoms with E-state index >= 15 is 0 Å². The van der Waals surface area contributed by atoms with Gasteiger partial charge >= 0.3 is 6.09 Å². The van der Waals surface area contributed by atoms with Crippen molar-refractivity contribution >= 4 is 17.7 Å². The predicted molar refractivity (Wildman–Crippen MR) is 118 cm³/mol. The van der Waals surface area contributed by atoms with Crippen molar-refractivity contribution in [2.45, 2.75) is 31.6 Å². The quantitative estimate of drug-likeness (QED) is 0.678. The molecule has 3 rings (SSSR count). The van der Waals surface area contributed by atoms with Crippen molar-refractivity contribution in [3.05, 3.63) is 66.2 Å². The van der Waals surface area contributed by atoms with Crippen molar-refractivity contribution < 1.29 is 23.8 Å². The molecule has 1 aliphatic rings. The molecule has 2 unspecified atom stereocenters. The number of rotatable bonds is 7. The molecule has 0 aromatic heterocycles. The third-order valence-corrected chi connectivity index (χ3v) is 5.69. The van der Waals surface area contributed by atoms with Crippen LogP contribution >= 0.6 is 0 Å². The molecule has 31 heavy (non-hydrogen) atoms. The minimum absolute atomic E-state index is 0.0337. The van der Waals surface area contributed by atoms with Gasteiger partial charge in [-0.3, -0.25) is 4.79 Å². The fourth-order valence-electron chi connectivity index (χ4n) is 4.00. The zero-order valence-corrected chi connectivity index (χ0v) is 18.3. The molecule has 1 saturated heterocycles. The van der Waals surface area contributed by atoms with E-state index in [0.29, 0.717) is 19.5 Å². The first-order valence-electron chi connectivity index (χ1n) is 10.4. The lowest BCUT2D eigenvalue weighted by atomic mass is 9.87. The Morgan fingerprint density at radius 1 is 1.06 bits per heavy atom. The van der Waals surface area contributed by atoms with Gasteiger partial charge in [0.15, 0.2) is 0 Å². The van der Waals surface area contributed by atoms with Gasteiger partial charge < -0.3 is 24.0 Å². The summed E-state index contributed by atoms with van der Waals surface area (Å²) in [6.07, 6.45) is 0.162. The van der Waals surface area contributed by atoms with Gasteiger partial charge in [0.25, 0.3) is 5.91 Å². The normalized spacial score (nSPS) is 20.9. The highest BCUT2D eigenvalue weighted by Gasteiger charge is 2.46. The summed E-state index contributed by atoms with van der Waals surface area (Å²) in [5.41, 5.74) is 0.932. The standard InChI is InChI=1S/C24H30N2O5/c1-24(30-3)18-25(23(28)31-16-19-10-6-4-7-11-19)15-14-21(24)26(22(27)17-29-2)20-12-8-5-9-13-20/h4-13,21H,14-18H2,1-3H3. The number of benzene rings is 2. The Morgan fingerprint density at radius 2 is 1.71 bits per heavy atom. The van der Waals surface area contributed by atoms with E-state index in [1.807, 2.05) is 67.6 Å². The predicted octanol–water partition coefficient (Wildman–Crippen LogP) is 3.48. The van der Waals surface area contributed by atoms with Crippen LogP contribution in [0.15, 0.2) is 60.7 Å². The lowest BCUT2D eigenvalue weighted by Crippen LogP contribution is -2.64. The second-order valence-electron chi connectivity index (χ2n) is 7.82. The second-order valence-corrected chi connectivity index (χ2v) is 7.82. The van der Waals surface area contributed by atoms with E-state index in [2.05, 4.69) is 0 Å². The minimum atomic E-state index is -0.775. The van der Waals surface area contributed by atoms with Gasteiger partial charge in [-0.2, -0.15) is 0 Å². The number of amides is 2. The smallest absolute Gasteiger partial charge is 0.410 e. The fourth-order valence-corrected chi connectivity index (χ4v) is 4.00. The number of carbonyl (C=O) groups excluding carboxylic acids is 2. The molecular weight excluding hydrogens is 396 g/mol. The number of para-hydroxylation sites is 1. The van der Waals surface area contributed by atoms with Crippen molar-refractivity contribution in [1.82, 2.24) is 4.90 Å². The summed E-state index contributed by atoms with van der Waals surface area (Å²) >= 11 is 0. The SMILES string of the molecule is COCC(=O)N(c1ccccc1)C1CCN(C(=O)OCc2ccccc2)CC1(C)OC. The van der Waals surface area contributed by atoms with Crippen molar-refractivity contribution in [2.24, 2.45) is 0 Å². The highest BCUT2D eigenvalue weighted by atomic mass is 16.6. The molecule has 2 atom stereocenters. The number of methoxy groups -OCH3 is 2. The van der Waals surface area contributed by atoms with Gasteiger partial charge in [-0.1, -0.05) is 48.5 Å². The van der Waals surface area contributed by atoms with Crippen LogP contribution in [0.3, 0.4) is 0 Å². The van der Waals surface area contributed by atoms with Gasteiger partial charge in [0.05, 0.1) is 12.6 Å². The second kappa shape index (κ2) is 10.4. The molecule has 1 aliphatic heterocycles. The molecule has 1 heterocycles. The summed E-state index contributed by atoms with van der Waals surface area (Å²) in [5.74, 6) is -0.151. The molecule has 0 spiro atoms. The number of carbonyl (C=O) groups is 2. The molecule has 166 valence electrons. The fraction of sp³-hybridized carbons (Fsp3) is 0.417. The molecule has 7 nitrogen and oxygen atoms in total. The monoisotopic (exact) mass is 426 g/mol. The Labute approximate surface area is 183 Å². The van der Waals surface area contributed by atoms with Crippen LogP contribution in [0.4, 0.5) is 10.5 Å². The summed E-state index contributed by atoms with van der Waals surface area (Å²) in [6, 6.07) is 18.8. The molecule has 1 fully saturated rings. The van der Waals surface area contributed by atoms with Gasteiger partial charge in [-0.15, -0.1) is 0 Å². The van der Waals surface area contributed by atoms with Gasteiger partial charge in [0, 0.05) is 26.5 Å². The van der Waals surface area contributed by atoms with Crippen LogP contribution in [0.1, 0.15) is 18.9 Å². The van der Waals surface area contributed by atoms with Crippen molar-refractivity contribution in [1.29, 1.82) is 0 Å². The largest absolute Gasteiger partial charge is 0.445 e. The molecule has 0 bridgehead atoms. The van der Waals surface area contributed by atoms with Crippen LogP contribution in [-0.4, -0.2) is 62.5 Å². The Kier molecular flexibility index (Phi) is 7.65. The Hall–Kier alpha value is -2.90. The molecule has 0 saturated carbocycles. The van der Waals surface area contributed by atoms with Crippen LogP contribution in [0.5, 0.6) is 0 Å². The van der Waals surface area contributed by atoms with Crippen molar-refractivity contribution in [3.8, 4) is 0 Å². The van der Waals surface area contributed by atoms with Crippen LogP contribution in [0, 0.1) is 0 Å². The maximum absolute atomic E-state index is 13.0. The third kappa shape index (κ3) is 5.42. The van der Waals surface area contributed by atoms with E-state index < -0.39 is 5.60 Å². The number of nitrogens with zero attached hydrogens (tertiary/aromatic N) is 2. The zero-order valence-electron chi connectivity index (χ0n) is 18.3. The number of hydrogen-bond donors (Lipinski definition) is 0. The summed E-state index contributed by atoms with van der Waals surface area (Å²) in [6.45, 7) is 2.87. The molecule has 0 aliphatic carbocycles. The highest BCUT2D eigenvalue weighted by molar-refractivity contribution is 5.95. The summed E-state index contributed by atoms with van der Waals surface area (Å²) in [5, 5.41) is 0. The molecule has 2 aromatic rings. The maximum atomic E-state index is 13.0. The average molecular weight is 427 g/mol. The Bertz CT molecular complexity index is 861. The first kappa shape index (κ1) is 22.8. The van der Waals surface area contributed by atoms with Gasteiger partial charge in [-0.25, -0.2) is 4.79 Å². The van der Waals surface area contributed by atoms with Gasteiger partial charge in [0.1, 0.15) is 18.8 Å². The van der Waals surface area contributed by atoms with Gasteiger partial charge in [0.2, 0.25) is 0 Å². The molecular formula is C24H30N2O5. The number of ether oxygens (including phenoxy) is 3. The molecule has 2 amide bonds. The van der Waals surface area contributed by atoms with E-state index in [-0.39, 0.29) is 31.3 Å². The molecule has 7 heteroatoms. The van der Waals surface area contributed by atoms with E-state index in [4.69, 9.17) is 14.2 Å². The Balaban J connectivity index is 1.75. The number of anilines is 1. The Morgan fingerprint density at radius 3 is 2.32 bits per heavy atom. The van der Waals surface area contributed by atoms with Crippen LogP contribution in [0.25, 0.3) is 0 Å². The van der Waals surface area contributed by atoms with E-state index in [1.54, 1.807) is 16.9 Å². The van der Waals surface area contributed by atoms with E-state index in [0.717, 1.165) is 11.3 Å². The number of likely N-dealkylation sites (tertiary alicyclic amines) is 1. The molecule has 0 radical (unpaired) electrons. The van der Waals surface area contributed by atoms with E-state index in [1.165, 1.54) is 7.11 Å². The molecule has 0 N–H and O–H groups in total. The summed E-state index contributed by atoms with van der Waals surface area (Å²) in [4.78, 5) is 29.0. The number of piperidine rings is 1. The lowest BCUT2D eigenvalue weighted by Gasteiger charge is -2.49. The minimum Gasteiger partial charge on any atom is -0.445 e. The lowest BCUT2D eigenvalue weighted by molar-refractivity contribution is -0.126. The van der Waals surface area contributed by atoms with Crippen LogP contribution < -0.4 is 4.90 Å². The first-order chi connectivity index (χ1) is 15.0. The molecule has 2 aromatic carbocycles. The average Bonchev–Trinajstić information content (AvgIpc) is 2.80. The summed E-state index contributed by atoms with van der Waals surface area (Å²) < 4.78 is 16.5. The van der Waals surface area contributed by atoms with Crippen LogP contribution in [0.2, 0.25) is 0 Å². The maximum Gasteiger partial charge on any atom is 0.410 e. The first-order valence-corrected chi connectivity index (χ1v) is 10.4. The highest BCUT2D eigenvalue weighted by Crippen LogP contribution is 2.33. The van der Waals surface area contributed by atoms with Gasteiger partial charge in [-0.05, 0) is 31.0 Å². The topological polar surface area (TPSA) is 68.3 Å². The zero-order chi connectivity index (χ0) is 22.3. The third-order valence-electron chi connectivity index (χ3n) is 5.69. The summed E-state index contributed by atoms with van der Waals surface area (Å²) in [7, 11) is 3.11. The number of hydrogen-bond acceptors (Lipinski definition) is 5. The van der Waals surface area contributed by atoms with Crippen LogP contribution in [-0.2, 0) is 25.6 Å². The van der Waals surface area contributed by atoms with E-state index in [9.17, 15) is 9.59 Å². The van der Waals surface area contributed by atoms with Crippen molar-refractivity contribution in [2.75, 3.05) is 38.8 Å².